The molecule has 0 bridgehead atoms. The van der Waals surface area contributed by atoms with Gasteiger partial charge in [-0.15, -0.1) is 11.3 Å². The Morgan fingerprint density at radius 2 is 2.09 bits per heavy atom. The van der Waals surface area contributed by atoms with E-state index in [9.17, 15) is 4.79 Å². The molecule has 2 aliphatic rings. The van der Waals surface area contributed by atoms with E-state index in [1.807, 2.05) is 25.3 Å². The van der Waals surface area contributed by atoms with Gasteiger partial charge in [-0.05, 0) is 69.6 Å². The number of aryl methyl sites for hydroxylation is 1. The molecule has 1 amide bonds. The molecular weight excluding hydrogens is 422 g/mol. The van der Waals surface area contributed by atoms with Crippen LogP contribution in [0.4, 0.5) is 5.95 Å². The average molecular weight is 452 g/mol. The number of imidazole rings is 1. The number of thiophene rings is 1. The number of anilines is 1. The summed E-state index contributed by atoms with van der Waals surface area (Å²) in [5.74, 6) is 1.20. The second kappa shape index (κ2) is 8.96. The molecule has 1 saturated heterocycles. The quantitative estimate of drug-likeness (QED) is 0.572. The highest BCUT2D eigenvalue weighted by Crippen LogP contribution is 2.29. The van der Waals surface area contributed by atoms with Gasteiger partial charge in [0.1, 0.15) is 0 Å². The fourth-order valence-corrected chi connectivity index (χ4v) is 5.26. The topological polar surface area (TPSA) is 71.4 Å². The number of carbonyl (C=O) groups is 1. The lowest BCUT2D eigenvalue weighted by Gasteiger charge is -2.26. The Labute approximate surface area is 192 Å². The lowest BCUT2D eigenvalue weighted by molar-refractivity contribution is 0.102. The fourth-order valence-electron chi connectivity index (χ4n) is 4.40. The van der Waals surface area contributed by atoms with Crippen LogP contribution in [0.5, 0.6) is 0 Å². The van der Waals surface area contributed by atoms with E-state index in [0.717, 1.165) is 34.8 Å². The number of nitrogens with one attached hydrogen (secondary N) is 2. The summed E-state index contributed by atoms with van der Waals surface area (Å²) in [7, 11) is 0. The lowest BCUT2D eigenvalue weighted by atomic mass is 10.1. The standard InChI is InChI=1S/C24H29N5O2S/c1-3-29-19-8-7-17(15-28-11-5-4-6-12-28)13-18(19)26-24(29)27-23(30)22-10-9-21(32-22)20-14-25-16(2)31-20/h7-10,13-14,16,25H,3-6,11-12,15H2,1-2H3,(H,26,27,30). The van der Waals surface area contributed by atoms with Gasteiger partial charge in [0, 0.05) is 19.3 Å². The fraction of sp³-hybridized carbons (Fsp3) is 0.417. The highest BCUT2D eigenvalue weighted by molar-refractivity contribution is 7.15. The molecule has 0 saturated carbocycles. The number of likely N-dealkylation sites (tertiary alicyclic amines) is 1. The van der Waals surface area contributed by atoms with E-state index in [1.54, 1.807) is 0 Å². The molecule has 0 radical (unpaired) electrons. The van der Waals surface area contributed by atoms with E-state index in [4.69, 9.17) is 9.72 Å². The summed E-state index contributed by atoms with van der Waals surface area (Å²) in [5, 5.41) is 6.13. The summed E-state index contributed by atoms with van der Waals surface area (Å²) in [6.07, 6.45) is 5.70. The monoisotopic (exact) mass is 451 g/mol. The minimum Gasteiger partial charge on any atom is -0.468 e. The summed E-state index contributed by atoms with van der Waals surface area (Å²) in [4.78, 5) is 21.8. The number of fused-ring (bicyclic) bond motifs is 1. The van der Waals surface area contributed by atoms with Crippen LogP contribution in [0.15, 0.2) is 36.5 Å². The maximum Gasteiger partial charge on any atom is 0.268 e. The maximum absolute atomic E-state index is 12.9. The van der Waals surface area contributed by atoms with Crippen molar-refractivity contribution in [3.8, 4) is 0 Å². The number of nitrogens with zero attached hydrogens (tertiary/aromatic N) is 3. The molecule has 0 aliphatic carbocycles. The van der Waals surface area contributed by atoms with E-state index in [2.05, 4.69) is 45.2 Å². The van der Waals surface area contributed by atoms with Crippen molar-refractivity contribution in [2.24, 2.45) is 0 Å². The Morgan fingerprint density at radius 3 is 2.84 bits per heavy atom. The number of hydrogen-bond donors (Lipinski definition) is 2. The molecule has 2 N–H and O–H groups in total. The zero-order valence-corrected chi connectivity index (χ0v) is 19.4. The van der Waals surface area contributed by atoms with Gasteiger partial charge in [0.05, 0.1) is 20.8 Å². The average Bonchev–Trinajstić information content (AvgIpc) is 3.52. The van der Waals surface area contributed by atoms with Crippen molar-refractivity contribution in [3.05, 3.63) is 51.8 Å². The van der Waals surface area contributed by atoms with Crippen molar-refractivity contribution in [1.82, 2.24) is 19.8 Å². The SMILES string of the molecule is CCn1c(NC(=O)c2ccc(C3=CNC(C)O3)s2)nc2cc(CN3CCCCC3)ccc21. The molecule has 2 aliphatic heterocycles. The molecule has 8 heteroatoms. The number of aromatic nitrogens is 2. The van der Waals surface area contributed by atoms with E-state index in [0.29, 0.717) is 10.8 Å². The minimum absolute atomic E-state index is 0.0476. The van der Waals surface area contributed by atoms with Crippen molar-refractivity contribution in [2.75, 3.05) is 18.4 Å². The molecule has 1 unspecified atom stereocenters. The molecule has 168 valence electrons. The number of piperidine rings is 1. The maximum atomic E-state index is 12.9. The molecule has 1 fully saturated rings. The van der Waals surface area contributed by atoms with Crippen LogP contribution >= 0.6 is 11.3 Å². The molecule has 1 atom stereocenters. The second-order valence-corrected chi connectivity index (χ2v) is 9.48. The Kier molecular flexibility index (Phi) is 5.89. The molecule has 32 heavy (non-hydrogen) atoms. The van der Waals surface area contributed by atoms with Crippen molar-refractivity contribution < 1.29 is 9.53 Å². The van der Waals surface area contributed by atoms with E-state index >= 15 is 0 Å². The van der Waals surface area contributed by atoms with Crippen LogP contribution in [0.1, 0.15) is 53.2 Å². The number of amides is 1. The molecule has 4 heterocycles. The largest absolute Gasteiger partial charge is 0.468 e. The predicted octanol–water partition coefficient (Wildman–Crippen LogP) is 4.62. The predicted molar refractivity (Wildman–Crippen MR) is 128 cm³/mol. The van der Waals surface area contributed by atoms with Gasteiger partial charge >= 0.3 is 0 Å². The van der Waals surface area contributed by atoms with Crippen molar-refractivity contribution >= 4 is 40.0 Å². The van der Waals surface area contributed by atoms with Crippen LogP contribution in [0, 0.1) is 0 Å². The summed E-state index contributed by atoms with van der Waals surface area (Å²) >= 11 is 1.41. The van der Waals surface area contributed by atoms with Crippen LogP contribution in [-0.4, -0.2) is 39.7 Å². The van der Waals surface area contributed by atoms with Gasteiger partial charge in [-0.1, -0.05) is 12.5 Å². The van der Waals surface area contributed by atoms with Crippen molar-refractivity contribution in [1.29, 1.82) is 0 Å². The zero-order valence-electron chi connectivity index (χ0n) is 18.6. The molecule has 3 aromatic rings. The Hall–Kier alpha value is -2.84. The Bertz CT molecular complexity index is 1160. The highest BCUT2D eigenvalue weighted by atomic mass is 32.1. The summed E-state index contributed by atoms with van der Waals surface area (Å²) < 4.78 is 7.77. The van der Waals surface area contributed by atoms with Gasteiger partial charge in [0.2, 0.25) is 5.95 Å². The van der Waals surface area contributed by atoms with Crippen LogP contribution in [0.2, 0.25) is 0 Å². The number of rotatable bonds is 6. The lowest BCUT2D eigenvalue weighted by Crippen LogP contribution is -2.29. The first-order valence-corrected chi connectivity index (χ1v) is 12.2. The van der Waals surface area contributed by atoms with E-state index in [-0.39, 0.29) is 12.1 Å². The third-order valence-corrected chi connectivity index (χ3v) is 7.13. The first kappa shape index (κ1) is 21.0. The molecule has 7 nitrogen and oxygen atoms in total. The zero-order chi connectivity index (χ0) is 22.1. The van der Waals surface area contributed by atoms with Crippen molar-refractivity contribution in [3.63, 3.8) is 0 Å². The van der Waals surface area contributed by atoms with Crippen LogP contribution in [0.3, 0.4) is 0 Å². The summed E-state index contributed by atoms with van der Waals surface area (Å²) in [5.41, 5.74) is 3.24. The molecule has 5 rings (SSSR count). The number of benzene rings is 1. The summed E-state index contributed by atoms with van der Waals surface area (Å²) in [6.45, 7) is 8.04. The first-order chi connectivity index (χ1) is 15.6. The molecule has 2 aromatic heterocycles. The van der Waals surface area contributed by atoms with E-state index < -0.39 is 0 Å². The number of ether oxygens (including phenoxy) is 1. The van der Waals surface area contributed by atoms with Gasteiger partial charge in [0.25, 0.3) is 5.91 Å². The smallest absolute Gasteiger partial charge is 0.268 e. The van der Waals surface area contributed by atoms with Crippen molar-refractivity contribution in [2.45, 2.75) is 52.4 Å². The first-order valence-electron chi connectivity index (χ1n) is 11.4. The van der Waals surface area contributed by atoms with Crippen LogP contribution in [0.25, 0.3) is 16.8 Å². The van der Waals surface area contributed by atoms with E-state index in [1.165, 1.54) is 49.3 Å². The normalized spacial score (nSPS) is 18.9. The van der Waals surface area contributed by atoms with Gasteiger partial charge < -0.3 is 14.6 Å². The summed E-state index contributed by atoms with van der Waals surface area (Å²) in [6, 6.07) is 10.2. The highest BCUT2D eigenvalue weighted by Gasteiger charge is 2.20. The second-order valence-electron chi connectivity index (χ2n) is 8.39. The Balaban J connectivity index is 1.34. The molecule has 0 spiro atoms. The third kappa shape index (κ3) is 4.25. The molecular formula is C24H29N5O2S. The van der Waals surface area contributed by atoms with Crippen LogP contribution < -0.4 is 10.6 Å². The van der Waals surface area contributed by atoms with Gasteiger partial charge in [0.15, 0.2) is 12.0 Å². The van der Waals surface area contributed by atoms with Gasteiger partial charge in [-0.3, -0.25) is 15.0 Å². The third-order valence-electron chi connectivity index (χ3n) is 6.03. The number of hydrogen-bond acceptors (Lipinski definition) is 6. The van der Waals surface area contributed by atoms with Crippen LogP contribution in [-0.2, 0) is 17.8 Å². The van der Waals surface area contributed by atoms with Gasteiger partial charge in [-0.25, -0.2) is 4.98 Å². The van der Waals surface area contributed by atoms with Gasteiger partial charge in [-0.2, -0.15) is 0 Å². The molecule has 1 aromatic carbocycles. The number of carbonyl (C=O) groups excluding carboxylic acids is 1. The Morgan fingerprint density at radius 1 is 1.25 bits per heavy atom. The minimum atomic E-state index is -0.153.